The van der Waals surface area contributed by atoms with Crippen molar-refractivity contribution in [2.75, 3.05) is 0 Å². The van der Waals surface area contributed by atoms with Gasteiger partial charge in [0, 0.05) is 11.1 Å². The Labute approximate surface area is 116 Å². The van der Waals surface area contributed by atoms with Crippen LogP contribution >= 0.6 is 0 Å². The smallest absolute Gasteiger partial charge is 0.181 e. The highest BCUT2D eigenvalue weighted by atomic mass is 19.1. The van der Waals surface area contributed by atoms with Gasteiger partial charge in [-0.05, 0) is 31.2 Å². The van der Waals surface area contributed by atoms with Gasteiger partial charge in [0.1, 0.15) is 11.5 Å². The number of rotatable bonds is 2. The van der Waals surface area contributed by atoms with Gasteiger partial charge in [-0.15, -0.1) is 10.2 Å². The summed E-state index contributed by atoms with van der Waals surface area (Å²) in [5, 5.41) is 8.27. The van der Waals surface area contributed by atoms with Gasteiger partial charge in [-0.2, -0.15) is 0 Å². The molecule has 20 heavy (non-hydrogen) atoms. The number of halogens is 1. The molecule has 0 spiro atoms. The average molecular weight is 265 g/mol. The van der Waals surface area contributed by atoms with Crippen LogP contribution in [0.4, 0.5) is 4.39 Å². The van der Waals surface area contributed by atoms with Crippen LogP contribution in [-0.2, 0) is 0 Å². The molecule has 3 aromatic rings. The summed E-state index contributed by atoms with van der Waals surface area (Å²) in [6, 6.07) is 14.0. The molecule has 0 saturated heterocycles. The standard InChI is InChI=1S/C16H12FN3/c1-11-2-4-13(5-3-11)16-18-10-15(19-20-16)12-6-8-14(17)9-7-12/h2-10H,1H3. The molecule has 4 heteroatoms. The number of aromatic nitrogens is 3. The maximum Gasteiger partial charge on any atom is 0.181 e. The molecule has 1 aromatic heterocycles. The quantitative estimate of drug-likeness (QED) is 0.710. The van der Waals surface area contributed by atoms with Gasteiger partial charge in [0.25, 0.3) is 0 Å². The summed E-state index contributed by atoms with van der Waals surface area (Å²) in [6.07, 6.45) is 1.65. The molecule has 0 aliphatic rings. The summed E-state index contributed by atoms with van der Waals surface area (Å²) in [7, 11) is 0. The van der Waals surface area contributed by atoms with Crippen LogP contribution in [0.3, 0.4) is 0 Å². The second kappa shape index (κ2) is 5.17. The van der Waals surface area contributed by atoms with Gasteiger partial charge in [0.15, 0.2) is 5.82 Å². The minimum atomic E-state index is -0.272. The molecule has 0 unspecified atom stereocenters. The van der Waals surface area contributed by atoms with E-state index >= 15 is 0 Å². The molecule has 0 aliphatic heterocycles. The molecule has 3 nitrogen and oxygen atoms in total. The summed E-state index contributed by atoms with van der Waals surface area (Å²) in [6.45, 7) is 2.03. The third-order valence-electron chi connectivity index (χ3n) is 3.01. The van der Waals surface area contributed by atoms with Gasteiger partial charge < -0.3 is 0 Å². The topological polar surface area (TPSA) is 38.7 Å². The molecule has 0 bridgehead atoms. The number of hydrogen-bond donors (Lipinski definition) is 0. The fourth-order valence-corrected chi connectivity index (χ4v) is 1.86. The molecule has 98 valence electrons. The van der Waals surface area contributed by atoms with E-state index in [1.165, 1.54) is 17.7 Å². The van der Waals surface area contributed by atoms with Crippen molar-refractivity contribution < 1.29 is 4.39 Å². The van der Waals surface area contributed by atoms with Crippen LogP contribution in [0, 0.1) is 12.7 Å². The fourth-order valence-electron chi connectivity index (χ4n) is 1.86. The van der Waals surface area contributed by atoms with Crippen LogP contribution in [0.1, 0.15) is 5.56 Å². The van der Waals surface area contributed by atoms with Crippen LogP contribution in [0.2, 0.25) is 0 Å². The van der Waals surface area contributed by atoms with Crippen molar-refractivity contribution in [2.45, 2.75) is 6.92 Å². The number of nitrogens with zero attached hydrogens (tertiary/aromatic N) is 3. The Hall–Kier alpha value is -2.62. The van der Waals surface area contributed by atoms with Crippen molar-refractivity contribution in [3.63, 3.8) is 0 Å². The lowest BCUT2D eigenvalue weighted by atomic mass is 10.1. The van der Waals surface area contributed by atoms with E-state index in [1.807, 2.05) is 31.2 Å². The maximum atomic E-state index is 12.9. The molecule has 0 aliphatic carbocycles. The third kappa shape index (κ3) is 2.54. The first-order valence-corrected chi connectivity index (χ1v) is 6.25. The van der Waals surface area contributed by atoms with Crippen molar-refractivity contribution in [1.29, 1.82) is 0 Å². The van der Waals surface area contributed by atoms with E-state index in [2.05, 4.69) is 15.2 Å². The minimum absolute atomic E-state index is 0.272. The van der Waals surface area contributed by atoms with Crippen LogP contribution in [-0.4, -0.2) is 15.2 Å². The summed E-state index contributed by atoms with van der Waals surface area (Å²) < 4.78 is 12.9. The lowest BCUT2D eigenvalue weighted by Gasteiger charge is -2.02. The first kappa shape index (κ1) is 12.4. The minimum Gasteiger partial charge on any atom is -0.233 e. The Morgan fingerprint density at radius 2 is 1.45 bits per heavy atom. The molecule has 0 amide bonds. The highest BCUT2D eigenvalue weighted by molar-refractivity contribution is 5.60. The SMILES string of the molecule is Cc1ccc(-c2ncc(-c3ccc(F)cc3)nn2)cc1. The summed E-state index contributed by atoms with van der Waals surface area (Å²) in [4.78, 5) is 4.31. The van der Waals surface area contributed by atoms with Gasteiger partial charge in [0.05, 0.1) is 6.20 Å². The van der Waals surface area contributed by atoms with E-state index in [9.17, 15) is 4.39 Å². The highest BCUT2D eigenvalue weighted by Gasteiger charge is 2.04. The lowest BCUT2D eigenvalue weighted by Crippen LogP contribution is -1.94. The van der Waals surface area contributed by atoms with Crippen LogP contribution in [0.25, 0.3) is 22.6 Å². The zero-order valence-corrected chi connectivity index (χ0v) is 10.9. The van der Waals surface area contributed by atoms with Crippen molar-refractivity contribution >= 4 is 0 Å². The van der Waals surface area contributed by atoms with E-state index in [0.717, 1.165) is 11.1 Å². The number of aryl methyl sites for hydroxylation is 1. The number of hydrogen-bond acceptors (Lipinski definition) is 3. The Morgan fingerprint density at radius 1 is 0.800 bits per heavy atom. The van der Waals surface area contributed by atoms with Crippen LogP contribution in [0.15, 0.2) is 54.7 Å². The Kier molecular flexibility index (Phi) is 3.21. The molecule has 1 heterocycles. The Morgan fingerprint density at radius 3 is 2.05 bits per heavy atom. The predicted octanol–water partition coefficient (Wildman–Crippen LogP) is 3.65. The monoisotopic (exact) mass is 265 g/mol. The molecular weight excluding hydrogens is 253 g/mol. The van der Waals surface area contributed by atoms with Gasteiger partial charge in [-0.1, -0.05) is 29.8 Å². The van der Waals surface area contributed by atoms with E-state index < -0.39 is 0 Å². The molecular formula is C16H12FN3. The zero-order chi connectivity index (χ0) is 13.9. The number of benzene rings is 2. The largest absolute Gasteiger partial charge is 0.233 e. The van der Waals surface area contributed by atoms with Gasteiger partial charge in [-0.3, -0.25) is 0 Å². The molecule has 0 fully saturated rings. The Bertz CT molecular complexity index is 640. The average Bonchev–Trinajstić information content (AvgIpc) is 2.49. The fraction of sp³-hybridized carbons (Fsp3) is 0.0625. The van der Waals surface area contributed by atoms with Crippen LogP contribution < -0.4 is 0 Å². The second-order valence-corrected chi connectivity index (χ2v) is 4.54. The van der Waals surface area contributed by atoms with Crippen molar-refractivity contribution in [1.82, 2.24) is 15.2 Å². The third-order valence-corrected chi connectivity index (χ3v) is 3.01. The first-order valence-electron chi connectivity index (χ1n) is 6.25. The second-order valence-electron chi connectivity index (χ2n) is 4.54. The normalized spacial score (nSPS) is 10.5. The highest BCUT2D eigenvalue weighted by Crippen LogP contribution is 2.18. The van der Waals surface area contributed by atoms with Crippen LogP contribution in [0.5, 0.6) is 0 Å². The van der Waals surface area contributed by atoms with Crippen molar-refractivity contribution in [2.24, 2.45) is 0 Å². The molecule has 0 N–H and O–H groups in total. The molecule has 0 saturated carbocycles. The van der Waals surface area contributed by atoms with E-state index in [0.29, 0.717) is 11.5 Å². The first-order chi connectivity index (χ1) is 9.72. The summed E-state index contributed by atoms with van der Waals surface area (Å²) >= 11 is 0. The molecule has 3 rings (SSSR count). The Balaban J connectivity index is 1.91. The zero-order valence-electron chi connectivity index (χ0n) is 10.9. The summed E-state index contributed by atoms with van der Waals surface area (Å²) in [5.41, 5.74) is 3.53. The van der Waals surface area contributed by atoms with Gasteiger partial charge in [0.2, 0.25) is 0 Å². The summed E-state index contributed by atoms with van der Waals surface area (Å²) in [5.74, 6) is 0.307. The van der Waals surface area contributed by atoms with Crippen molar-refractivity contribution in [3.05, 3.63) is 66.1 Å². The van der Waals surface area contributed by atoms with E-state index in [4.69, 9.17) is 0 Å². The van der Waals surface area contributed by atoms with E-state index in [-0.39, 0.29) is 5.82 Å². The maximum absolute atomic E-state index is 12.9. The van der Waals surface area contributed by atoms with Gasteiger partial charge in [-0.25, -0.2) is 9.37 Å². The molecule has 2 aromatic carbocycles. The molecule has 0 atom stereocenters. The van der Waals surface area contributed by atoms with Gasteiger partial charge >= 0.3 is 0 Å². The van der Waals surface area contributed by atoms with E-state index in [1.54, 1.807) is 18.3 Å². The van der Waals surface area contributed by atoms with Crippen molar-refractivity contribution in [3.8, 4) is 22.6 Å². The molecule has 0 radical (unpaired) electrons. The lowest BCUT2D eigenvalue weighted by molar-refractivity contribution is 0.628. The predicted molar refractivity (Wildman–Crippen MR) is 75.4 cm³/mol.